The van der Waals surface area contributed by atoms with Gasteiger partial charge in [-0.3, -0.25) is 0 Å². The first kappa shape index (κ1) is 26.7. The van der Waals surface area contributed by atoms with Gasteiger partial charge in [0.1, 0.15) is 6.61 Å². The zero-order chi connectivity index (χ0) is 26.4. The summed E-state index contributed by atoms with van der Waals surface area (Å²) < 4.78 is 64.6. The highest BCUT2D eigenvalue weighted by atomic mass is 19.2. The van der Waals surface area contributed by atoms with E-state index in [0.29, 0.717) is 22.6 Å². The number of halogens is 4. The Labute approximate surface area is 216 Å². The van der Waals surface area contributed by atoms with Crippen molar-refractivity contribution in [3.63, 3.8) is 0 Å². The van der Waals surface area contributed by atoms with E-state index in [4.69, 9.17) is 4.74 Å². The fourth-order valence-corrected chi connectivity index (χ4v) is 4.84. The first-order chi connectivity index (χ1) is 17.9. The van der Waals surface area contributed by atoms with E-state index < -0.39 is 23.3 Å². The van der Waals surface area contributed by atoms with Crippen LogP contribution in [0.3, 0.4) is 0 Å². The zero-order valence-corrected chi connectivity index (χ0v) is 21.3. The van der Waals surface area contributed by atoms with E-state index in [1.165, 1.54) is 31.4 Å². The molecule has 0 spiro atoms. The molecule has 1 aliphatic carbocycles. The van der Waals surface area contributed by atoms with Gasteiger partial charge in [-0.1, -0.05) is 80.8 Å². The molecule has 1 atom stereocenters. The van der Waals surface area contributed by atoms with Crippen LogP contribution < -0.4 is 4.74 Å². The zero-order valence-electron chi connectivity index (χ0n) is 21.3. The van der Waals surface area contributed by atoms with Gasteiger partial charge < -0.3 is 4.74 Å². The summed E-state index contributed by atoms with van der Waals surface area (Å²) in [6.07, 6.45) is 11.7. The monoisotopic (exact) mass is 508 g/mol. The van der Waals surface area contributed by atoms with Gasteiger partial charge in [0.25, 0.3) is 0 Å². The summed E-state index contributed by atoms with van der Waals surface area (Å²) in [5, 5.41) is 0. The van der Waals surface area contributed by atoms with Crippen molar-refractivity contribution in [1.82, 2.24) is 0 Å². The van der Waals surface area contributed by atoms with Crippen LogP contribution in [-0.4, -0.2) is 6.61 Å². The fraction of sp³-hybridized carbons (Fsp3) is 0.312. The number of unbranched alkanes of at least 4 members (excludes halogenated alkanes) is 1. The van der Waals surface area contributed by atoms with Crippen molar-refractivity contribution < 1.29 is 22.3 Å². The van der Waals surface area contributed by atoms with Crippen LogP contribution in [0, 0.1) is 29.2 Å². The largest absolute Gasteiger partial charge is 0.486 e. The Kier molecular flexibility index (Phi) is 8.86. The maximum atomic E-state index is 15.1. The lowest BCUT2D eigenvalue weighted by Crippen LogP contribution is -2.07. The van der Waals surface area contributed by atoms with Crippen LogP contribution in [0.2, 0.25) is 0 Å². The minimum absolute atomic E-state index is 0.0610. The normalized spacial score (nSPS) is 15.7. The summed E-state index contributed by atoms with van der Waals surface area (Å²) in [6.45, 7) is 4.12. The van der Waals surface area contributed by atoms with E-state index in [-0.39, 0.29) is 23.5 Å². The van der Waals surface area contributed by atoms with E-state index in [1.807, 2.05) is 0 Å². The summed E-state index contributed by atoms with van der Waals surface area (Å²) in [5.41, 5.74) is 2.25. The molecule has 0 amide bonds. The van der Waals surface area contributed by atoms with E-state index in [9.17, 15) is 8.78 Å². The first-order valence-corrected chi connectivity index (χ1v) is 12.9. The van der Waals surface area contributed by atoms with Crippen LogP contribution in [0.1, 0.15) is 57.9 Å². The Bertz CT molecular complexity index is 1290. The van der Waals surface area contributed by atoms with Gasteiger partial charge in [-0.15, -0.1) is 0 Å². The topological polar surface area (TPSA) is 9.23 Å². The smallest absolute Gasteiger partial charge is 0.201 e. The molecular formula is C32H32F4O. The van der Waals surface area contributed by atoms with Crippen molar-refractivity contribution in [3.05, 3.63) is 95.6 Å². The number of allylic oxidation sites excluding steroid dienone is 3. The molecule has 0 aromatic heterocycles. The molecule has 0 bridgehead atoms. The third kappa shape index (κ3) is 5.98. The summed E-state index contributed by atoms with van der Waals surface area (Å²) in [4.78, 5) is 0. The molecule has 194 valence electrons. The second-order valence-corrected chi connectivity index (χ2v) is 9.50. The molecule has 3 aromatic rings. The third-order valence-corrected chi connectivity index (χ3v) is 7.04. The van der Waals surface area contributed by atoms with Gasteiger partial charge in [0.05, 0.1) is 0 Å². The molecule has 5 heteroatoms. The number of ether oxygens (including phenoxy) is 1. The summed E-state index contributed by atoms with van der Waals surface area (Å²) in [6, 6.07) is 12.4. The molecule has 0 fully saturated rings. The molecule has 0 heterocycles. The maximum absolute atomic E-state index is 15.1. The average molecular weight is 509 g/mol. The van der Waals surface area contributed by atoms with Crippen LogP contribution in [-0.2, 0) is 0 Å². The molecular weight excluding hydrogens is 476 g/mol. The Morgan fingerprint density at radius 3 is 2.00 bits per heavy atom. The molecule has 1 aliphatic rings. The quantitative estimate of drug-likeness (QED) is 0.206. The fourth-order valence-electron chi connectivity index (χ4n) is 4.84. The van der Waals surface area contributed by atoms with Gasteiger partial charge in [-0.2, -0.15) is 4.39 Å². The SMILES string of the molecule is C/C=C/COc1ccc(-c2ccc(-c3ccc(C4=CCC(CCCC)CC4)c(F)c3F)cc2)c(F)c1F. The van der Waals surface area contributed by atoms with Gasteiger partial charge >= 0.3 is 0 Å². The summed E-state index contributed by atoms with van der Waals surface area (Å²) in [5.74, 6) is -3.39. The molecule has 37 heavy (non-hydrogen) atoms. The molecule has 4 rings (SSSR count). The second-order valence-electron chi connectivity index (χ2n) is 9.50. The van der Waals surface area contributed by atoms with Gasteiger partial charge in [0.2, 0.25) is 5.82 Å². The highest BCUT2D eigenvalue weighted by Gasteiger charge is 2.21. The standard InChI is InChI=1S/C32H32F4O/c1-3-5-7-21-8-10-22(11-9-21)25-16-17-26(30(34)29(25)33)23-12-14-24(15-13-23)27-18-19-28(32(36)31(27)35)37-20-6-4-2/h4,6,10,12-19,21H,3,5,7-9,11,20H2,1-2H3/b6-4+. The minimum atomic E-state index is -1.07. The molecule has 1 unspecified atom stereocenters. The van der Waals surface area contributed by atoms with Gasteiger partial charge in [0, 0.05) is 16.7 Å². The van der Waals surface area contributed by atoms with Crippen molar-refractivity contribution in [1.29, 1.82) is 0 Å². The van der Waals surface area contributed by atoms with Gasteiger partial charge in [-0.05, 0) is 60.9 Å². The first-order valence-electron chi connectivity index (χ1n) is 12.9. The molecule has 0 aliphatic heterocycles. The van der Waals surface area contributed by atoms with Crippen molar-refractivity contribution in [2.75, 3.05) is 6.61 Å². The molecule has 3 aromatic carbocycles. The second kappa shape index (κ2) is 12.3. The Morgan fingerprint density at radius 1 is 0.811 bits per heavy atom. The minimum Gasteiger partial charge on any atom is -0.486 e. The van der Waals surface area contributed by atoms with Crippen LogP contribution in [0.4, 0.5) is 17.6 Å². The van der Waals surface area contributed by atoms with Crippen molar-refractivity contribution >= 4 is 5.57 Å². The van der Waals surface area contributed by atoms with Crippen LogP contribution in [0.15, 0.2) is 66.8 Å². The predicted octanol–water partition coefficient (Wildman–Crippen LogP) is 9.91. The van der Waals surface area contributed by atoms with E-state index in [2.05, 4.69) is 13.0 Å². The Balaban J connectivity index is 1.54. The van der Waals surface area contributed by atoms with Crippen molar-refractivity contribution in [2.45, 2.75) is 52.4 Å². The van der Waals surface area contributed by atoms with Crippen molar-refractivity contribution in [2.24, 2.45) is 5.92 Å². The average Bonchev–Trinajstić information content (AvgIpc) is 2.92. The van der Waals surface area contributed by atoms with E-state index >= 15 is 8.78 Å². The van der Waals surface area contributed by atoms with Crippen molar-refractivity contribution in [3.8, 4) is 28.0 Å². The number of rotatable bonds is 9. The molecule has 0 radical (unpaired) electrons. The predicted molar refractivity (Wildman–Crippen MR) is 142 cm³/mol. The highest BCUT2D eigenvalue weighted by Crippen LogP contribution is 2.37. The lowest BCUT2D eigenvalue weighted by atomic mass is 9.83. The third-order valence-electron chi connectivity index (χ3n) is 7.04. The van der Waals surface area contributed by atoms with Crippen LogP contribution in [0.25, 0.3) is 27.8 Å². The van der Waals surface area contributed by atoms with E-state index in [0.717, 1.165) is 24.8 Å². The van der Waals surface area contributed by atoms with Gasteiger partial charge in [0.15, 0.2) is 23.2 Å². The van der Waals surface area contributed by atoms with Crippen LogP contribution >= 0.6 is 0 Å². The number of hydrogen-bond donors (Lipinski definition) is 0. The molecule has 1 nitrogen and oxygen atoms in total. The highest BCUT2D eigenvalue weighted by molar-refractivity contribution is 5.74. The maximum Gasteiger partial charge on any atom is 0.201 e. The van der Waals surface area contributed by atoms with E-state index in [1.54, 1.807) is 55.5 Å². The summed E-state index contributed by atoms with van der Waals surface area (Å²) in [7, 11) is 0. The summed E-state index contributed by atoms with van der Waals surface area (Å²) >= 11 is 0. The molecule has 0 N–H and O–H groups in total. The molecule has 0 saturated carbocycles. The Morgan fingerprint density at radius 2 is 1.41 bits per heavy atom. The lowest BCUT2D eigenvalue weighted by Gasteiger charge is -2.22. The van der Waals surface area contributed by atoms with Gasteiger partial charge in [-0.25, -0.2) is 13.2 Å². The number of benzene rings is 3. The molecule has 0 saturated heterocycles. The lowest BCUT2D eigenvalue weighted by molar-refractivity contribution is 0.332. The number of hydrogen-bond acceptors (Lipinski definition) is 1. The Hall–Kier alpha value is -3.34. The van der Waals surface area contributed by atoms with Crippen LogP contribution in [0.5, 0.6) is 5.75 Å².